The minimum Gasteiger partial charge on any atom is -0.390 e. The maximum absolute atomic E-state index is 13.2. The summed E-state index contributed by atoms with van der Waals surface area (Å²) in [5.74, 6) is 0. The summed E-state index contributed by atoms with van der Waals surface area (Å²) in [5.41, 5.74) is -2.63. The summed E-state index contributed by atoms with van der Waals surface area (Å²) in [7, 11) is 0. The Morgan fingerprint density at radius 1 is 0.500 bits per heavy atom. The van der Waals surface area contributed by atoms with Gasteiger partial charge in [-0.05, 0) is 39.3 Å². The Bertz CT molecular complexity index is 783. The van der Waals surface area contributed by atoms with Crippen molar-refractivity contribution >= 4 is 0 Å². The molecule has 0 saturated heterocycles. The van der Waals surface area contributed by atoms with Crippen LogP contribution in [0.5, 0.6) is 0 Å². The lowest BCUT2D eigenvalue weighted by molar-refractivity contribution is 0.0850. The van der Waals surface area contributed by atoms with E-state index in [0.29, 0.717) is 39.3 Å². The van der Waals surface area contributed by atoms with Crippen LogP contribution in [0, 0.1) is 0 Å². The second kappa shape index (κ2) is 16.1. The topological polar surface area (TPSA) is 136 Å². The minimum atomic E-state index is -1.02. The molecule has 0 aliphatic heterocycles. The van der Waals surface area contributed by atoms with Gasteiger partial charge >= 0.3 is 17.1 Å². The molecular formula is C24H48N6O6. The van der Waals surface area contributed by atoms with Crippen LogP contribution in [0.2, 0.25) is 0 Å². The number of aromatic nitrogens is 3. The van der Waals surface area contributed by atoms with E-state index in [1.165, 1.54) is 0 Å². The van der Waals surface area contributed by atoms with Crippen LogP contribution in [0.15, 0.2) is 14.4 Å². The molecule has 0 unspecified atom stereocenters. The van der Waals surface area contributed by atoms with Gasteiger partial charge in [0.1, 0.15) is 0 Å². The second-order valence-electron chi connectivity index (χ2n) is 9.10. The molecule has 0 fully saturated rings. The Morgan fingerprint density at radius 2 is 0.694 bits per heavy atom. The van der Waals surface area contributed by atoms with Gasteiger partial charge in [0.2, 0.25) is 0 Å². The smallest absolute Gasteiger partial charge is 0.336 e. The molecular weight excluding hydrogens is 468 g/mol. The van der Waals surface area contributed by atoms with E-state index < -0.39 is 35.4 Å². The van der Waals surface area contributed by atoms with Gasteiger partial charge in [0.25, 0.3) is 0 Å². The number of nitrogens with zero attached hydrogens (tertiary/aromatic N) is 6. The van der Waals surface area contributed by atoms with Crippen LogP contribution in [0.4, 0.5) is 0 Å². The van der Waals surface area contributed by atoms with Gasteiger partial charge in [-0.1, -0.05) is 41.5 Å². The van der Waals surface area contributed by atoms with Crippen LogP contribution in [-0.4, -0.2) is 121 Å². The molecule has 0 spiro atoms. The first-order valence-electron chi connectivity index (χ1n) is 13.2. The van der Waals surface area contributed by atoms with Gasteiger partial charge in [-0.25, -0.2) is 28.1 Å². The molecule has 1 aromatic rings. The Hall–Kier alpha value is -1.83. The van der Waals surface area contributed by atoms with E-state index in [1.54, 1.807) is 0 Å². The monoisotopic (exact) mass is 516 g/mol. The van der Waals surface area contributed by atoms with Gasteiger partial charge in [0.15, 0.2) is 0 Å². The lowest BCUT2D eigenvalue weighted by atomic mass is 10.3. The van der Waals surface area contributed by atoms with E-state index in [2.05, 4.69) is 0 Å². The molecule has 1 rings (SSSR count). The minimum absolute atomic E-state index is 0.257. The number of aliphatic hydroxyl groups excluding tert-OH is 3. The lowest BCUT2D eigenvalue weighted by Gasteiger charge is -2.25. The Labute approximate surface area is 214 Å². The summed E-state index contributed by atoms with van der Waals surface area (Å²) < 4.78 is 2.51. The fourth-order valence-corrected chi connectivity index (χ4v) is 4.30. The lowest BCUT2D eigenvalue weighted by Crippen LogP contribution is -2.58. The van der Waals surface area contributed by atoms with E-state index in [-0.39, 0.29) is 39.3 Å². The van der Waals surface area contributed by atoms with Crippen LogP contribution in [0.1, 0.15) is 41.5 Å². The number of hydrogen-bond donors (Lipinski definition) is 3. The van der Waals surface area contributed by atoms with E-state index in [1.807, 2.05) is 56.2 Å². The van der Waals surface area contributed by atoms with Crippen molar-refractivity contribution in [3.05, 3.63) is 31.5 Å². The largest absolute Gasteiger partial charge is 0.390 e. The van der Waals surface area contributed by atoms with Crippen molar-refractivity contribution in [2.75, 3.05) is 58.9 Å². The van der Waals surface area contributed by atoms with E-state index >= 15 is 0 Å². The van der Waals surface area contributed by atoms with Crippen LogP contribution >= 0.6 is 0 Å². The normalized spacial score (nSPS) is 14.7. The number of aliphatic hydroxyl groups is 3. The summed E-state index contributed by atoms with van der Waals surface area (Å²) in [5, 5.41) is 31.8. The summed E-state index contributed by atoms with van der Waals surface area (Å²) in [4.78, 5) is 45.6. The molecule has 12 nitrogen and oxygen atoms in total. The van der Waals surface area contributed by atoms with Crippen molar-refractivity contribution in [2.24, 2.45) is 0 Å². The van der Waals surface area contributed by atoms with Gasteiger partial charge in [0.05, 0.1) is 37.9 Å². The maximum Gasteiger partial charge on any atom is 0.336 e. The first-order chi connectivity index (χ1) is 17.1. The summed E-state index contributed by atoms with van der Waals surface area (Å²) in [6, 6.07) is 0. The highest BCUT2D eigenvalue weighted by Gasteiger charge is 2.23. The van der Waals surface area contributed by atoms with Gasteiger partial charge in [-0.15, -0.1) is 0 Å². The highest BCUT2D eigenvalue weighted by atomic mass is 16.3. The average Bonchev–Trinajstić information content (AvgIpc) is 2.87. The number of hydrogen-bond acceptors (Lipinski definition) is 9. The zero-order chi connectivity index (χ0) is 27.4. The summed E-state index contributed by atoms with van der Waals surface area (Å²) >= 11 is 0. The molecule has 36 heavy (non-hydrogen) atoms. The fourth-order valence-electron chi connectivity index (χ4n) is 4.30. The highest BCUT2D eigenvalue weighted by Crippen LogP contribution is 1.98. The molecule has 0 saturated carbocycles. The average molecular weight is 517 g/mol. The Morgan fingerprint density at radius 3 is 0.861 bits per heavy atom. The highest BCUT2D eigenvalue weighted by molar-refractivity contribution is 4.83. The molecule has 0 amide bonds. The van der Waals surface area contributed by atoms with Crippen molar-refractivity contribution in [2.45, 2.75) is 79.5 Å². The van der Waals surface area contributed by atoms with E-state index in [9.17, 15) is 29.7 Å². The second-order valence-corrected chi connectivity index (χ2v) is 9.10. The third-order valence-electron chi connectivity index (χ3n) is 6.66. The molecule has 1 heterocycles. The van der Waals surface area contributed by atoms with Gasteiger partial charge in [-0.2, -0.15) is 0 Å². The van der Waals surface area contributed by atoms with Crippen molar-refractivity contribution in [3.8, 4) is 0 Å². The van der Waals surface area contributed by atoms with Crippen LogP contribution in [-0.2, 0) is 19.6 Å². The van der Waals surface area contributed by atoms with Crippen molar-refractivity contribution < 1.29 is 15.3 Å². The zero-order valence-electron chi connectivity index (χ0n) is 23.0. The summed E-state index contributed by atoms with van der Waals surface area (Å²) in [6.07, 6.45) is -3.05. The summed E-state index contributed by atoms with van der Waals surface area (Å²) in [6.45, 7) is 15.7. The number of likely N-dealkylation sites (N-methyl/N-ethyl adjacent to an activating group) is 3. The standard InChI is InChI=1S/C24H48N6O6/c1-7-25(8-2)13-19(31)16-28-22(34)29(17-20(32)14-26(9-3)10-4)24(36)30(23(28)35)18-21(33)15-27(11-5)12-6/h19-21,31-33H,7-18H2,1-6H3/t19-,20-,21-/m1/s1. The molecule has 0 radical (unpaired) electrons. The van der Waals surface area contributed by atoms with Crippen LogP contribution < -0.4 is 17.1 Å². The molecule has 3 N–H and O–H groups in total. The van der Waals surface area contributed by atoms with Crippen LogP contribution in [0.25, 0.3) is 0 Å². The first-order valence-corrected chi connectivity index (χ1v) is 13.2. The van der Waals surface area contributed by atoms with Crippen LogP contribution in [0.3, 0.4) is 0 Å². The third kappa shape index (κ3) is 9.24. The molecule has 12 heteroatoms. The van der Waals surface area contributed by atoms with Gasteiger partial charge in [-0.3, -0.25) is 0 Å². The molecule has 3 atom stereocenters. The molecule has 210 valence electrons. The predicted octanol–water partition coefficient (Wildman–Crippen LogP) is -1.72. The fraction of sp³-hybridized carbons (Fsp3) is 0.875. The quantitative estimate of drug-likeness (QED) is 0.208. The zero-order valence-corrected chi connectivity index (χ0v) is 23.0. The first kappa shape index (κ1) is 32.2. The Balaban J connectivity index is 3.45. The molecule has 0 aliphatic carbocycles. The van der Waals surface area contributed by atoms with Crippen molar-refractivity contribution in [1.29, 1.82) is 0 Å². The predicted molar refractivity (Wildman–Crippen MR) is 141 cm³/mol. The van der Waals surface area contributed by atoms with Gasteiger partial charge in [0, 0.05) is 19.6 Å². The molecule has 0 aliphatic rings. The van der Waals surface area contributed by atoms with Crippen molar-refractivity contribution in [1.82, 2.24) is 28.4 Å². The third-order valence-corrected chi connectivity index (χ3v) is 6.66. The molecule has 1 aromatic heterocycles. The maximum atomic E-state index is 13.2. The van der Waals surface area contributed by atoms with Crippen molar-refractivity contribution in [3.63, 3.8) is 0 Å². The van der Waals surface area contributed by atoms with E-state index in [0.717, 1.165) is 13.7 Å². The molecule has 0 bridgehead atoms. The molecule has 0 aromatic carbocycles. The van der Waals surface area contributed by atoms with Gasteiger partial charge < -0.3 is 30.0 Å². The van der Waals surface area contributed by atoms with E-state index in [4.69, 9.17) is 0 Å². The number of rotatable bonds is 18. The SMILES string of the molecule is CCN(CC)C[C@@H](O)Cn1c(=O)n(C[C@H](O)CN(CC)CC)c(=O)n(C[C@H](O)CN(CC)CC)c1=O. The Kier molecular flexibility index (Phi) is 14.4.